The normalized spacial score (nSPS) is 11.9. The fourth-order valence-corrected chi connectivity index (χ4v) is 4.49. The van der Waals surface area contributed by atoms with E-state index in [0.717, 1.165) is 50.5 Å². The molecule has 0 radical (unpaired) electrons. The number of rotatable bonds is 6. The van der Waals surface area contributed by atoms with Crippen molar-refractivity contribution in [1.82, 2.24) is 34.0 Å². The predicted octanol–water partition coefficient (Wildman–Crippen LogP) is 5.06. The van der Waals surface area contributed by atoms with Gasteiger partial charge in [-0.2, -0.15) is 0 Å². The average Bonchev–Trinajstić information content (AvgIpc) is 3.56. The van der Waals surface area contributed by atoms with Gasteiger partial charge in [-0.3, -0.25) is 13.8 Å². The Hall–Kier alpha value is -5.57. The number of aromatic nitrogens is 7. The second-order valence-electron chi connectivity index (χ2n) is 8.65. The smallest absolute Gasteiger partial charge is 0.113 e. The molecule has 4 aromatic rings. The summed E-state index contributed by atoms with van der Waals surface area (Å²) in [7, 11) is 0. The van der Waals surface area contributed by atoms with Crippen LogP contribution in [-0.2, 0) is 0 Å². The Morgan fingerprint density at radius 2 is 1.32 bits per heavy atom. The zero-order valence-electron chi connectivity index (χ0n) is 20.4. The van der Waals surface area contributed by atoms with Gasteiger partial charge in [0, 0.05) is 16.7 Å². The molecule has 0 spiro atoms. The molecule has 2 aliphatic heterocycles. The fourth-order valence-electron chi connectivity index (χ4n) is 4.49. The molecule has 0 saturated heterocycles. The zero-order chi connectivity index (χ0) is 26.2. The van der Waals surface area contributed by atoms with Gasteiger partial charge in [0.1, 0.15) is 5.69 Å². The van der Waals surface area contributed by atoms with Crippen LogP contribution in [0.15, 0.2) is 68.7 Å². The molecule has 0 unspecified atom stereocenters. The summed E-state index contributed by atoms with van der Waals surface area (Å²) >= 11 is 0. The van der Waals surface area contributed by atoms with E-state index in [-0.39, 0.29) is 0 Å². The van der Waals surface area contributed by atoms with Crippen LogP contribution in [0.3, 0.4) is 0 Å². The third kappa shape index (κ3) is 3.79. The number of anilines is 2. The van der Waals surface area contributed by atoms with Crippen molar-refractivity contribution in [3.63, 3.8) is 0 Å². The van der Waals surface area contributed by atoms with Crippen LogP contribution < -0.4 is 11.5 Å². The first-order valence-electron chi connectivity index (χ1n) is 11.8. The largest absolute Gasteiger partial charge is 0.396 e. The summed E-state index contributed by atoms with van der Waals surface area (Å²) in [5, 5.41) is 8.67. The van der Waals surface area contributed by atoms with Gasteiger partial charge < -0.3 is 11.5 Å². The van der Waals surface area contributed by atoms with Gasteiger partial charge in [0.15, 0.2) is 0 Å². The van der Waals surface area contributed by atoms with Crippen LogP contribution in [-0.4, -0.2) is 34.0 Å². The Morgan fingerprint density at radius 3 is 1.92 bits per heavy atom. The quantitative estimate of drug-likeness (QED) is 0.329. The number of fused-ring (bicyclic) bond motifs is 3. The number of hydrogen-bond donors (Lipinski definition) is 2. The number of hydrogen-bond acceptors (Lipinski definition) is 7. The van der Waals surface area contributed by atoms with E-state index in [1.165, 1.54) is 0 Å². The maximum Gasteiger partial charge on any atom is 0.113 e. The summed E-state index contributed by atoms with van der Waals surface area (Å²) in [5.41, 5.74) is 21.9. The highest BCUT2D eigenvalue weighted by molar-refractivity contribution is 5.84. The van der Waals surface area contributed by atoms with Gasteiger partial charge in [0.05, 0.1) is 76.4 Å². The van der Waals surface area contributed by atoms with E-state index in [1.807, 2.05) is 57.4 Å². The third-order valence-corrected chi connectivity index (χ3v) is 6.42. The van der Waals surface area contributed by atoms with Crippen molar-refractivity contribution in [2.75, 3.05) is 11.5 Å². The van der Waals surface area contributed by atoms with Crippen LogP contribution >= 0.6 is 0 Å². The van der Waals surface area contributed by atoms with Crippen LogP contribution in [0.4, 0.5) is 11.4 Å². The summed E-state index contributed by atoms with van der Waals surface area (Å²) in [6.45, 7) is 7.86. The Balaban J connectivity index is 1.35. The molecule has 0 fully saturated rings. The van der Waals surface area contributed by atoms with Crippen LogP contribution in [0.5, 0.6) is 0 Å². The minimum atomic E-state index is 0.598. The van der Waals surface area contributed by atoms with Crippen LogP contribution in [0.2, 0.25) is 0 Å². The molecule has 9 heteroatoms. The Bertz CT molecular complexity index is 1890. The first kappa shape index (κ1) is 22.9. The van der Waals surface area contributed by atoms with Gasteiger partial charge in [-0.05, 0) is 48.6 Å². The molecular formula is C29H23N9. The standard InChI is InChI=1S/C29H23N9/c1-3-18-11-28-22(30)13-32-16-37(28)26(18)9-6-20-5-7-21-24(35-36-25(21)15-34-20)8-10-27-19(4-2)12-29-23(31)14-33-17-38(27)29/h3-17H,1-2,30-31H2/b9-6+,10-8+. The van der Waals surface area contributed by atoms with Crippen molar-refractivity contribution in [3.8, 4) is 11.3 Å². The molecule has 0 saturated carbocycles. The summed E-state index contributed by atoms with van der Waals surface area (Å²) in [6, 6.07) is 7.87. The van der Waals surface area contributed by atoms with Crippen molar-refractivity contribution < 1.29 is 0 Å². The van der Waals surface area contributed by atoms with Crippen molar-refractivity contribution in [2.45, 2.75) is 0 Å². The van der Waals surface area contributed by atoms with Gasteiger partial charge in [-0.25, -0.2) is 9.97 Å². The number of nitrogens with two attached hydrogens (primary N) is 2. The van der Waals surface area contributed by atoms with Crippen molar-refractivity contribution in [3.05, 3.63) is 103 Å². The third-order valence-electron chi connectivity index (χ3n) is 6.42. The Kier molecular flexibility index (Phi) is 5.50. The lowest BCUT2D eigenvalue weighted by Gasteiger charge is -2.00. The monoisotopic (exact) mass is 497 g/mol. The Morgan fingerprint density at radius 1 is 0.711 bits per heavy atom. The molecule has 0 amide bonds. The van der Waals surface area contributed by atoms with Crippen LogP contribution in [0, 0.1) is 0 Å². The molecule has 2 aliphatic rings. The highest BCUT2D eigenvalue weighted by Gasteiger charge is 2.13. The second-order valence-corrected chi connectivity index (χ2v) is 8.65. The molecule has 184 valence electrons. The van der Waals surface area contributed by atoms with E-state index in [2.05, 4.69) is 38.3 Å². The predicted molar refractivity (Wildman–Crippen MR) is 154 cm³/mol. The minimum Gasteiger partial charge on any atom is -0.396 e. The Labute approximate surface area is 218 Å². The average molecular weight is 498 g/mol. The molecule has 0 bridgehead atoms. The molecule has 0 aliphatic carbocycles. The first-order chi connectivity index (χ1) is 18.6. The maximum atomic E-state index is 6.10. The SMILES string of the molecule is C=Cc1cc2c(N)cncn2c1/C=C/c1ccc2c(/C=C/c3c(C=C)cc4c(N)cncn34)nnc-2cn1. The maximum absolute atomic E-state index is 6.10. The molecule has 0 aromatic carbocycles. The summed E-state index contributed by atoms with van der Waals surface area (Å²) in [6.07, 6.45) is 19.8. The lowest BCUT2D eigenvalue weighted by Crippen LogP contribution is -1.94. The van der Waals surface area contributed by atoms with E-state index >= 15 is 0 Å². The van der Waals surface area contributed by atoms with E-state index in [9.17, 15) is 0 Å². The molecule has 4 aromatic heterocycles. The lowest BCUT2D eigenvalue weighted by molar-refractivity contribution is 1.08. The van der Waals surface area contributed by atoms with Gasteiger partial charge in [0.25, 0.3) is 0 Å². The molecule has 6 rings (SSSR count). The molecule has 9 nitrogen and oxygen atoms in total. The fraction of sp³-hybridized carbons (Fsp3) is 0. The summed E-state index contributed by atoms with van der Waals surface area (Å²) in [5.74, 6) is 0. The topological polar surface area (TPSA) is 125 Å². The van der Waals surface area contributed by atoms with Gasteiger partial charge in [0.2, 0.25) is 0 Å². The first-order valence-corrected chi connectivity index (χ1v) is 11.8. The van der Waals surface area contributed by atoms with Crippen molar-refractivity contribution >= 4 is 58.9 Å². The number of nitrogens with zero attached hydrogens (tertiary/aromatic N) is 7. The van der Waals surface area contributed by atoms with Gasteiger partial charge in [-0.1, -0.05) is 25.3 Å². The van der Waals surface area contributed by atoms with E-state index in [0.29, 0.717) is 17.1 Å². The molecular weight excluding hydrogens is 474 g/mol. The van der Waals surface area contributed by atoms with Gasteiger partial charge in [-0.15, -0.1) is 10.2 Å². The summed E-state index contributed by atoms with van der Waals surface area (Å²) in [4.78, 5) is 13.0. The summed E-state index contributed by atoms with van der Waals surface area (Å²) < 4.78 is 3.86. The molecule has 4 N–H and O–H groups in total. The molecule has 0 atom stereocenters. The van der Waals surface area contributed by atoms with Crippen LogP contribution in [0.1, 0.15) is 33.9 Å². The highest BCUT2D eigenvalue weighted by atomic mass is 15.1. The minimum absolute atomic E-state index is 0.598. The molecule has 6 heterocycles. The van der Waals surface area contributed by atoms with Gasteiger partial charge >= 0.3 is 0 Å². The molecule has 38 heavy (non-hydrogen) atoms. The van der Waals surface area contributed by atoms with Crippen molar-refractivity contribution in [1.29, 1.82) is 0 Å². The zero-order valence-corrected chi connectivity index (χ0v) is 20.4. The van der Waals surface area contributed by atoms with Crippen LogP contribution in [0.25, 0.3) is 58.7 Å². The lowest BCUT2D eigenvalue weighted by atomic mass is 10.1. The second kappa shape index (κ2) is 9.14. The highest BCUT2D eigenvalue weighted by Crippen LogP contribution is 2.27. The van der Waals surface area contributed by atoms with E-state index in [1.54, 1.807) is 43.4 Å². The van der Waals surface area contributed by atoms with E-state index < -0.39 is 0 Å². The van der Waals surface area contributed by atoms with Crippen molar-refractivity contribution in [2.24, 2.45) is 0 Å². The van der Waals surface area contributed by atoms with E-state index in [4.69, 9.17) is 11.5 Å². The number of nitrogen functional groups attached to an aromatic ring is 2.